The van der Waals surface area contributed by atoms with Crippen molar-refractivity contribution in [1.29, 1.82) is 0 Å². The van der Waals surface area contributed by atoms with E-state index in [0.29, 0.717) is 11.3 Å². The summed E-state index contributed by atoms with van der Waals surface area (Å²) in [7, 11) is 0. The van der Waals surface area contributed by atoms with Gasteiger partial charge in [-0.15, -0.1) is 0 Å². The van der Waals surface area contributed by atoms with Crippen LogP contribution in [0, 0.1) is 6.92 Å². The quantitative estimate of drug-likeness (QED) is 0.771. The monoisotopic (exact) mass is 265 g/mol. The van der Waals surface area contributed by atoms with E-state index in [9.17, 15) is 18.0 Å². The predicted octanol–water partition coefficient (Wildman–Crippen LogP) is 3.89. The number of carbonyl (C=O) groups excluding carboxylic acids is 1. The first-order valence-corrected chi connectivity index (χ1v) is 5.52. The minimum Gasteiger partial charge on any atom is -0.298 e. The second kappa shape index (κ2) is 4.84. The lowest BCUT2D eigenvalue weighted by atomic mass is 9.95. The number of hydrogen-bond acceptors (Lipinski definition) is 2. The van der Waals surface area contributed by atoms with Gasteiger partial charge < -0.3 is 0 Å². The summed E-state index contributed by atoms with van der Waals surface area (Å²) in [6, 6.07) is 6.99. The standard InChI is InChI=1S/C14H10F3NO/c1-9-7-10(5-6-18-9)12-4-2-3-11(8-19)13(12)14(15,16)17/h2-8H,1H3. The van der Waals surface area contributed by atoms with Gasteiger partial charge in [-0.25, -0.2) is 0 Å². The Morgan fingerprint density at radius 2 is 1.95 bits per heavy atom. The van der Waals surface area contributed by atoms with E-state index in [1.807, 2.05) is 0 Å². The van der Waals surface area contributed by atoms with Crippen LogP contribution in [0.1, 0.15) is 21.6 Å². The molecule has 0 saturated carbocycles. The second-order valence-corrected chi connectivity index (χ2v) is 4.07. The highest BCUT2D eigenvalue weighted by Crippen LogP contribution is 2.38. The molecule has 98 valence electrons. The molecule has 0 saturated heterocycles. The summed E-state index contributed by atoms with van der Waals surface area (Å²) in [4.78, 5) is 14.8. The van der Waals surface area contributed by atoms with E-state index in [1.54, 1.807) is 13.0 Å². The molecule has 0 aliphatic heterocycles. The maximum absolute atomic E-state index is 13.1. The Kier molecular flexibility index (Phi) is 3.38. The van der Waals surface area contributed by atoms with Gasteiger partial charge in [0.1, 0.15) is 0 Å². The SMILES string of the molecule is Cc1cc(-c2cccc(C=O)c2C(F)(F)F)ccn1. The number of aldehydes is 1. The van der Waals surface area contributed by atoms with Crippen molar-refractivity contribution in [2.75, 3.05) is 0 Å². The summed E-state index contributed by atoms with van der Waals surface area (Å²) in [5.74, 6) is 0. The number of pyridine rings is 1. The fraction of sp³-hybridized carbons (Fsp3) is 0.143. The van der Waals surface area contributed by atoms with Gasteiger partial charge in [0.25, 0.3) is 0 Å². The fourth-order valence-corrected chi connectivity index (χ4v) is 1.94. The molecule has 0 amide bonds. The third-order valence-electron chi connectivity index (χ3n) is 2.71. The zero-order chi connectivity index (χ0) is 14.0. The van der Waals surface area contributed by atoms with Crippen LogP contribution in [-0.4, -0.2) is 11.3 Å². The third-order valence-corrected chi connectivity index (χ3v) is 2.71. The molecule has 0 atom stereocenters. The molecular weight excluding hydrogens is 255 g/mol. The predicted molar refractivity (Wildman–Crippen MR) is 64.8 cm³/mol. The molecule has 1 aromatic carbocycles. The van der Waals surface area contributed by atoms with Crippen LogP contribution in [0.2, 0.25) is 0 Å². The zero-order valence-corrected chi connectivity index (χ0v) is 10.0. The Bertz CT molecular complexity index is 620. The van der Waals surface area contributed by atoms with E-state index < -0.39 is 11.7 Å². The van der Waals surface area contributed by atoms with Crippen LogP contribution in [0.25, 0.3) is 11.1 Å². The van der Waals surface area contributed by atoms with E-state index in [-0.39, 0.29) is 17.4 Å². The van der Waals surface area contributed by atoms with Crippen LogP contribution in [0.3, 0.4) is 0 Å². The Morgan fingerprint density at radius 3 is 2.53 bits per heavy atom. The van der Waals surface area contributed by atoms with Gasteiger partial charge in [0, 0.05) is 17.5 Å². The van der Waals surface area contributed by atoms with Gasteiger partial charge in [-0.05, 0) is 30.2 Å². The van der Waals surface area contributed by atoms with Crippen molar-refractivity contribution in [3.05, 3.63) is 53.3 Å². The van der Waals surface area contributed by atoms with Gasteiger partial charge in [-0.3, -0.25) is 9.78 Å². The van der Waals surface area contributed by atoms with E-state index >= 15 is 0 Å². The van der Waals surface area contributed by atoms with Gasteiger partial charge in [0.2, 0.25) is 0 Å². The number of aromatic nitrogens is 1. The Hall–Kier alpha value is -2.17. The minimum absolute atomic E-state index is 0.0115. The number of hydrogen-bond donors (Lipinski definition) is 0. The van der Waals surface area contributed by atoms with Crippen molar-refractivity contribution in [1.82, 2.24) is 4.98 Å². The molecule has 0 unspecified atom stereocenters. The van der Waals surface area contributed by atoms with E-state index in [0.717, 1.165) is 6.07 Å². The number of aryl methyl sites for hydroxylation is 1. The average Bonchev–Trinajstić information content (AvgIpc) is 2.36. The fourth-order valence-electron chi connectivity index (χ4n) is 1.94. The van der Waals surface area contributed by atoms with Crippen LogP contribution in [-0.2, 0) is 6.18 Å². The number of halogens is 3. The van der Waals surface area contributed by atoms with Gasteiger partial charge in [0.15, 0.2) is 6.29 Å². The number of alkyl halides is 3. The van der Waals surface area contributed by atoms with Gasteiger partial charge in [-0.2, -0.15) is 13.2 Å². The lowest BCUT2D eigenvalue weighted by Gasteiger charge is -2.15. The summed E-state index contributed by atoms with van der Waals surface area (Å²) >= 11 is 0. The van der Waals surface area contributed by atoms with Crippen molar-refractivity contribution < 1.29 is 18.0 Å². The molecule has 5 heteroatoms. The Balaban J connectivity index is 2.74. The molecule has 1 heterocycles. The van der Waals surface area contributed by atoms with E-state index in [1.165, 1.54) is 24.4 Å². The minimum atomic E-state index is -4.58. The number of benzene rings is 1. The summed E-state index contributed by atoms with van der Waals surface area (Å²) in [5.41, 5.74) is -0.275. The highest BCUT2D eigenvalue weighted by molar-refractivity contribution is 5.83. The Labute approximate surface area is 107 Å². The molecule has 1 aromatic heterocycles. The highest BCUT2D eigenvalue weighted by atomic mass is 19.4. The first kappa shape index (κ1) is 13.3. The van der Waals surface area contributed by atoms with Crippen molar-refractivity contribution in [3.63, 3.8) is 0 Å². The molecule has 19 heavy (non-hydrogen) atoms. The smallest absolute Gasteiger partial charge is 0.298 e. The van der Waals surface area contributed by atoms with Gasteiger partial charge >= 0.3 is 6.18 Å². The number of rotatable bonds is 2. The molecule has 0 radical (unpaired) electrons. The summed E-state index contributed by atoms with van der Waals surface area (Å²) in [6.45, 7) is 1.69. The van der Waals surface area contributed by atoms with Crippen molar-refractivity contribution in [2.24, 2.45) is 0 Å². The molecule has 0 spiro atoms. The molecule has 2 aromatic rings. The largest absolute Gasteiger partial charge is 0.417 e. The van der Waals surface area contributed by atoms with E-state index in [4.69, 9.17) is 0 Å². The molecule has 2 nitrogen and oxygen atoms in total. The van der Waals surface area contributed by atoms with Crippen LogP contribution < -0.4 is 0 Å². The highest BCUT2D eigenvalue weighted by Gasteiger charge is 2.36. The van der Waals surface area contributed by atoms with E-state index in [2.05, 4.69) is 4.98 Å². The first-order chi connectivity index (χ1) is 8.93. The average molecular weight is 265 g/mol. The van der Waals surface area contributed by atoms with Crippen LogP contribution in [0.15, 0.2) is 36.5 Å². The molecular formula is C14H10F3NO. The van der Waals surface area contributed by atoms with Crippen molar-refractivity contribution in [2.45, 2.75) is 13.1 Å². The molecule has 2 rings (SSSR count). The summed E-state index contributed by atoms with van der Waals surface area (Å²) in [6.07, 6.45) is -2.91. The lowest BCUT2D eigenvalue weighted by Crippen LogP contribution is -2.11. The van der Waals surface area contributed by atoms with Gasteiger partial charge in [-0.1, -0.05) is 18.2 Å². The lowest BCUT2D eigenvalue weighted by molar-refractivity contribution is -0.137. The van der Waals surface area contributed by atoms with Crippen LogP contribution >= 0.6 is 0 Å². The second-order valence-electron chi connectivity index (χ2n) is 4.07. The van der Waals surface area contributed by atoms with Crippen molar-refractivity contribution in [3.8, 4) is 11.1 Å². The molecule has 0 aliphatic carbocycles. The number of carbonyl (C=O) groups is 1. The van der Waals surface area contributed by atoms with Crippen LogP contribution in [0.5, 0.6) is 0 Å². The molecule has 0 aliphatic rings. The molecule has 0 N–H and O–H groups in total. The van der Waals surface area contributed by atoms with Gasteiger partial charge in [0.05, 0.1) is 5.56 Å². The maximum Gasteiger partial charge on any atom is 0.417 e. The number of nitrogens with zero attached hydrogens (tertiary/aromatic N) is 1. The van der Waals surface area contributed by atoms with Crippen molar-refractivity contribution >= 4 is 6.29 Å². The summed E-state index contributed by atoms with van der Waals surface area (Å²) in [5, 5.41) is 0. The summed E-state index contributed by atoms with van der Waals surface area (Å²) < 4.78 is 39.3. The normalized spacial score (nSPS) is 11.4. The third kappa shape index (κ3) is 2.65. The zero-order valence-electron chi connectivity index (χ0n) is 10.0. The van der Waals surface area contributed by atoms with Crippen LogP contribution in [0.4, 0.5) is 13.2 Å². The Morgan fingerprint density at radius 1 is 1.21 bits per heavy atom. The molecule has 0 bridgehead atoms. The maximum atomic E-state index is 13.1. The first-order valence-electron chi connectivity index (χ1n) is 5.52. The topological polar surface area (TPSA) is 30.0 Å². The molecule has 0 fully saturated rings.